The molecule has 3 aromatic rings. The highest BCUT2D eigenvalue weighted by molar-refractivity contribution is 7.10. The van der Waals surface area contributed by atoms with E-state index in [9.17, 15) is 0 Å². The molecular formula is C22H20ClN5S. The summed E-state index contributed by atoms with van der Waals surface area (Å²) < 4.78 is 1.84. The number of anilines is 1. The molecule has 0 aliphatic carbocycles. The maximum absolute atomic E-state index is 9.07. The third-order valence-electron chi connectivity index (χ3n) is 4.37. The van der Waals surface area contributed by atoms with Gasteiger partial charge in [-0.05, 0) is 31.5 Å². The molecule has 146 valence electrons. The fourth-order valence-corrected chi connectivity index (χ4v) is 4.05. The van der Waals surface area contributed by atoms with Crippen molar-refractivity contribution in [2.75, 3.05) is 5.73 Å². The van der Waals surface area contributed by atoms with Gasteiger partial charge < -0.3 is 5.73 Å². The first-order valence-corrected chi connectivity index (χ1v) is 10.2. The molecule has 0 radical (unpaired) electrons. The third kappa shape index (κ3) is 4.32. The number of hydrogen-bond donors (Lipinski definition) is 1. The lowest BCUT2D eigenvalue weighted by Gasteiger charge is -2.05. The van der Waals surface area contributed by atoms with E-state index in [1.54, 1.807) is 29.5 Å². The van der Waals surface area contributed by atoms with Gasteiger partial charge in [-0.15, -0.1) is 11.3 Å². The van der Waals surface area contributed by atoms with E-state index in [1.165, 1.54) is 0 Å². The largest absolute Gasteiger partial charge is 0.382 e. The van der Waals surface area contributed by atoms with Crippen LogP contribution in [0, 0.1) is 18.3 Å². The van der Waals surface area contributed by atoms with Crippen molar-refractivity contribution in [3.63, 3.8) is 0 Å². The van der Waals surface area contributed by atoms with Gasteiger partial charge in [0.15, 0.2) is 5.82 Å². The Kier molecular flexibility index (Phi) is 6.32. The minimum absolute atomic E-state index is 0.395. The Morgan fingerprint density at radius 1 is 1.45 bits per heavy atom. The number of benzene rings is 1. The molecule has 0 amide bonds. The van der Waals surface area contributed by atoms with Crippen LogP contribution in [0.15, 0.2) is 54.5 Å². The normalized spacial score (nSPS) is 11.7. The summed E-state index contributed by atoms with van der Waals surface area (Å²) in [6.45, 7) is 8.20. The van der Waals surface area contributed by atoms with Crippen LogP contribution in [0.4, 0.5) is 5.82 Å². The molecule has 7 heteroatoms. The number of halogens is 1. The molecule has 0 atom stereocenters. The molecule has 0 aliphatic heterocycles. The van der Waals surface area contributed by atoms with Crippen LogP contribution in [0.2, 0.25) is 5.02 Å². The van der Waals surface area contributed by atoms with E-state index in [0.29, 0.717) is 22.9 Å². The van der Waals surface area contributed by atoms with E-state index in [0.717, 1.165) is 33.1 Å². The van der Waals surface area contributed by atoms with E-state index < -0.39 is 0 Å². The predicted octanol–water partition coefficient (Wildman–Crippen LogP) is 5.62. The molecule has 0 saturated heterocycles. The summed E-state index contributed by atoms with van der Waals surface area (Å²) in [5.41, 5.74) is 11.1. The van der Waals surface area contributed by atoms with Crippen molar-refractivity contribution in [1.29, 1.82) is 5.26 Å². The van der Waals surface area contributed by atoms with Gasteiger partial charge in [0.05, 0.1) is 22.8 Å². The van der Waals surface area contributed by atoms with Crippen molar-refractivity contribution in [3.05, 3.63) is 81.4 Å². The summed E-state index contributed by atoms with van der Waals surface area (Å²) in [5, 5.41) is 16.9. The minimum atomic E-state index is 0.395. The van der Waals surface area contributed by atoms with Crippen molar-refractivity contribution in [2.24, 2.45) is 0 Å². The number of hydrogen-bond acceptors (Lipinski definition) is 5. The number of nitriles is 1. The first kappa shape index (κ1) is 20.6. The standard InChI is InChI=1S/C22H20ClN5S/c1-4-6-15(7-5-2)22-26-18(13-29-22)12-28-14(3)20(21(25)27-28)16-8-9-17(11-24)19(23)10-16/h4-10,13H,1,12H2,2-3H3,(H2,25,27)/b7-5-,15-6+. The third-order valence-corrected chi connectivity index (χ3v) is 5.62. The highest BCUT2D eigenvalue weighted by Crippen LogP contribution is 2.32. The van der Waals surface area contributed by atoms with Crippen LogP contribution in [0.25, 0.3) is 16.7 Å². The highest BCUT2D eigenvalue weighted by atomic mass is 35.5. The summed E-state index contributed by atoms with van der Waals surface area (Å²) >= 11 is 7.76. The fraction of sp³-hybridized carbons (Fsp3) is 0.136. The molecule has 0 spiro atoms. The van der Waals surface area contributed by atoms with Crippen molar-refractivity contribution in [1.82, 2.24) is 14.8 Å². The Labute approximate surface area is 179 Å². The molecule has 5 nitrogen and oxygen atoms in total. The summed E-state index contributed by atoms with van der Waals surface area (Å²) in [5.74, 6) is 0.417. The molecule has 1 aromatic carbocycles. The van der Waals surface area contributed by atoms with Crippen molar-refractivity contribution >= 4 is 34.3 Å². The molecule has 0 saturated carbocycles. The number of rotatable bonds is 6. The lowest BCUT2D eigenvalue weighted by Crippen LogP contribution is -2.04. The predicted molar refractivity (Wildman–Crippen MR) is 121 cm³/mol. The van der Waals surface area contributed by atoms with Crippen LogP contribution >= 0.6 is 22.9 Å². The SMILES string of the molecule is C=C/C=C(\C=C/C)c1nc(Cn2nc(N)c(-c3ccc(C#N)c(Cl)c3)c2C)cs1. The topological polar surface area (TPSA) is 80.5 Å². The zero-order chi connectivity index (χ0) is 21.0. The smallest absolute Gasteiger partial charge is 0.153 e. The van der Waals surface area contributed by atoms with Crippen molar-refractivity contribution < 1.29 is 0 Å². The molecule has 0 aliphatic rings. The van der Waals surface area contributed by atoms with Crippen LogP contribution in [-0.2, 0) is 6.54 Å². The number of thiazole rings is 1. The van der Waals surface area contributed by atoms with Crippen LogP contribution < -0.4 is 5.73 Å². The summed E-state index contributed by atoms with van der Waals surface area (Å²) in [7, 11) is 0. The van der Waals surface area contributed by atoms with Crippen molar-refractivity contribution in [2.45, 2.75) is 20.4 Å². The average Bonchev–Trinajstić information content (AvgIpc) is 3.26. The first-order valence-electron chi connectivity index (χ1n) is 8.91. The van der Waals surface area contributed by atoms with Gasteiger partial charge in [0, 0.05) is 22.2 Å². The summed E-state index contributed by atoms with van der Waals surface area (Å²) in [6, 6.07) is 7.33. The molecule has 2 heterocycles. The van der Waals surface area contributed by atoms with Crippen molar-refractivity contribution in [3.8, 4) is 17.2 Å². The maximum Gasteiger partial charge on any atom is 0.153 e. The maximum atomic E-state index is 9.07. The van der Waals surface area contributed by atoms with E-state index in [2.05, 4.69) is 17.7 Å². The number of nitrogens with zero attached hydrogens (tertiary/aromatic N) is 4. The molecule has 0 fully saturated rings. The van der Waals surface area contributed by atoms with E-state index >= 15 is 0 Å². The molecule has 3 rings (SSSR count). The molecule has 0 bridgehead atoms. The second kappa shape index (κ2) is 8.91. The van der Waals surface area contributed by atoms with E-state index in [-0.39, 0.29) is 0 Å². The lowest BCUT2D eigenvalue weighted by atomic mass is 10.0. The van der Waals surface area contributed by atoms with Gasteiger partial charge in [-0.1, -0.05) is 48.6 Å². The molecular weight excluding hydrogens is 402 g/mol. The quantitative estimate of drug-likeness (QED) is 0.524. The lowest BCUT2D eigenvalue weighted by molar-refractivity contribution is 0.658. The van der Waals surface area contributed by atoms with E-state index in [4.69, 9.17) is 27.6 Å². The van der Waals surface area contributed by atoms with Gasteiger partial charge in [-0.3, -0.25) is 4.68 Å². The van der Waals surface area contributed by atoms with Gasteiger partial charge >= 0.3 is 0 Å². The Hall–Kier alpha value is -3.14. The fourth-order valence-electron chi connectivity index (χ4n) is 3.01. The minimum Gasteiger partial charge on any atom is -0.382 e. The second-order valence-electron chi connectivity index (χ2n) is 6.31. The van der Waals surface area contributed by atoms with Gasteiger partial charge in [0.1, 0.15) is 11.1 Å². The van der Waals surface area contributed by atoms with Crippen LogP contribution in [0.5, 0.6) is 0 Å². The Morgan fingerprint density at radius 3 is 2.90 bits per heavy atom. The van der Waals surface area contributed by atoms with E-state index in [1.807, 2.05) is 48.2 Å². The zero-order valence-corrected chi connectivity index (χ0v) is 17.8. The molecule has 0 unspecified atom stereocenters. The van der Waals surface area contributed by atoms with Gasteiger partial charge in [-0.2, -0.15) is 10.4 Å². The molecule has 2 N–H and O–H groups in total. The second-order valence-corrected chi connectivity index (χ2v) is 7.58. The average molecular weight is 422 g/mol. The van der Waals surface area contributed by atoms with Gasteiger partial charge in [0.2, 0.25) is 0 Å². The monoisotopic (exact) mass is 421 g/mol. The Morgan fingerprint density at radius 2 is 2.24 bits per heavy atom. The number of nitrogen functional groups attached to an aromatic ring is 1. The molecule has 29 heavy (non-hydrogen) atoms. The zero-order valence-electron chi connectivity index (χ0n) is 16.2. The number of allylic oxidation sites excluding steroid dienone is 5. The highest BCUT2D eigenvalue weighted by Gasteiger charge is 2.17. The van der Waals surface area contributed by atoms with Crippen LogP contribution in [0.1, 0.15) is 28.9 Å². The van der Waals surface area contributed by atoms with Crippen LogP contribution in [-0.4, -0.2) is 14.8 Å². The Balaban J connectivity index is 1.92. The number of nitrogens with two attached hydrogens (primary N) is 1. The Bertz CT molecular complexity index is 1160. The van der Waals surface area contributed by atoms with Gasteiger partial charge in [0.25, 0.3) is 0 Å². The summed E-state index contributed by atoms with van der Waals surface area (Å²) in [4.78, 5) is 4.73. The first-order chi connectivity index (χ1) is 14.0. The van der Waals surface area contributed by atoms with Gasteiger partial charge in [-0.25, -0.2) is 4.98 Å². The number of aromatic nitrogens is 3. The molecule has 2 aromatic heterocycles. The summed E-state index contributed by atoms with van der Waals surface area (Å²) in [6.07, 6.45) is 7.67. The van der Waals surface area contributed by atoms with Crippen LogP contribution in [0.3, 0.4) is 0 Å².